The minimum Gasteiger partial charge on any atom is -0.462 e. The molecule has 2 unspecified atom stereocenters. The van der Waals surface area contributed by atoms with Gasteiger partial charge in [-0.3, -0.25) is 37.3 Å². The van der Waals surface area contributed by atoms with E-state index in [9.17, 15) is 43.2 Å². The number of carbonyl (C=O) groups excluding carboxylic acids is 4. The molecule has 0 bridgehead atoms. The van der Waals surface area contributed by atoms with Gasteiger partial charge in [-0.2, -0.15) is 0 Å². The monoisotopic (exact) mass is 1450 g/mol. The highest BCUT2D eigenvalue weighted by atomic mass is 31.2. The van der Waals surface area contributed by atoms with Crippen LogP contribution in [0, 0.1) is 5.92 Å². The summed E-state index contributed by atoms with van der Waals surface area (Å²) in [6, 6.07) is 0. The maximum atomic E-state index is 13.1. The minimum absolute atomic E-state index is 0.104. The molecular formula is C80H156O17P2. The average Bonchev–Trinajstić information content (AvgIpc) is 1.03. The Morgan fingerprint density at radius 3 is 0.687 bits per heavy atom. The topological polar surface area (TPSA) is 237 Å². The van der Waals surface area contributed by atoms with Gasteiger partial charge in [0.25, 0.3) is 0 Å². The zero-order valence-electron chi connectivity index (χ0n) is 64.6. The Kier molecular flexibility index (Phi) is 71.6. The summed E-state index contributed by atoms with van der Waals surface area (Å²) in [5.41, 5.74) is 0. The van der Waals surface area contributed by atoms with Crippen molar-refractivity contribution in [2.24, 2.45) is 5.92 Å². The van der Waals surface area contributed by atoms with Gasteiger partial charge in [0.1, 0.15) is 19.3 Å². The minimum atomic E-state index is -4.96. The van der Waals surface area contributed by atoms with Crippen LogP contribution in [-0.4, -0.2) is 96.7 Å². The smallest absolute Gasteiger partial charge is 0.462 e. The summed E-state index contributed by atoms with van der Waals surface area (Å²) in [6.45, 7) is 7.17. The molecule has 99 heavy (non-hydrogen) atoms. The van der Waals surface area contributed by atoms with Crippen LogP contribution in [0.2, 0.25) is 0 Å². The number of aliphatic hydroxyl groups excluding tert-OH is 1. The second-order valence-corrected chi connectivity index (χ2v) is 32.2. The van der Waals surface area contributed by atoms with Gasteiger partial charge in [0.2, 0.25) is 0 Å². The van der Waals surface area contributed by atoms with E-state index in [1.807, 2.05) is 0 Å². The average molecular weight is 1450 g/mol. The molecule has 0 aliphatic carbocycles. The van der Waals surface area contributed by atoms with Gasteiger partial charge in [-0.25, -0.2) is 9.13 Å². The highest BCUT2D eigenvalue weighted by molar-refractivity contribution is 7.47. The second-order valence-electron chi connectivity index (χ2n) is 29.3. The third-order valence-electron chi connectivity index (χ3n) is 18.8. The lowest BCUT2D eigenvalue weighted by molar-refractivity contribution is -0.161. The van der Waals surface area contributed by atoms with Crippen LogP contribution in [0.15, 0.2) is 0 Å². The van der Waals surface area contributed by atoms with Crippen molar-refractivity contribution in [3.8, 4) is 0 Å². The standard InChI is InChI=1S/C80H156O17P2/c1-6-9-12-15-17-19-21-23-25-27-29-31-33-35-37-39-41-43-45-50-55-60-65-79(84)97-76(70-91-78(83)64-59-54-49-44-42-40-38-36-34-32-30-28-26-24-22-20-18-16-13-10-7-2)72-95-99(88,89)93-68-74(81)67-92-98(86,87)94-71-75(69-90-77(82)63-58-52-14-11-8-3)96-80(85)66-61-56-51-47-46-48-53-57-62-73(4)5/h73-76,81H,6-72H2,1-5H3,(H,86,87)(H,88,89)/t74-,75+,76+/m0/s1. The molecule has 0 aromatic carbocycles. The van der Waals surface area contributed by atoms with Crippen molar-refractivity contribution in [3.63, 3.8) is 0 Å². The van der Waals surface area contributed by atoms with E-state index in [-0.39, 0.29) is 25.7 Å². The molecule has 5 atom stereocenters. The normalized spacial score (nSPS) is 13.9. The van der Waals surface area contributed by atoms with Crippen molar-refractivity contribution in [2.45, 2.75) is 445 Å². The van der Waals surface area contributed by atoms with E-state index >= 15 is 0 Å². The Balaban J connectivity index is 5.08. The van der Waals surface area contributed by atoms with Crippen molar-refractivity contribution in [1.82, 2.24) is 0 Å². The fourth-order valence-electron chi connectivity index (χ4n) is 12.4. The van der Waals surface area contributed by atoms with E-state index in [1.165, 1.54) is 244 Å². The lowest BCUT2D eigenvalue weighted by Crippen LogP contribution is -2.30. The van der Waals surface area contributed by atoms with E-state index in [2.05, 4.69) is 34.6 Å². The molecule has 0 fully saturated rings. The quantitative estimate of drug-likeness (QED) is 0.0222. The molecule has 0 radical (unpaired) electrons. The van der Waals surface area contributed by atoms with E-state index in [0.717, 1.165) is 102 Å². The Hall–Kier alpha value is -1.94. The van der Waals surface area contributed by atoms with E-state index in [1.54, 1.807) is 0 Å². The number of phosphoric ester groups is 2. The van der Waals surface area contributed by atoms with Gasteiger partial charge in [0.15, 0.2) is 12.2 Å². The van der Waals surface area contributed by atoms with Crippen molar-refractivity contribution in [3.05, 3.63) is 0 Å². The van der Waals surface area contributed by atoms with Crippen molar-refractivity contribution >= 4 is 39.5 Å². The highest BCUT2D eigenvalue weighted by Gasteiger charge is 2.30. The number of hydrogen-bond donors (Lipinski definition) is 3. The van der Waals surface area contributed by atoms with Crippen LogP contribution in [-0.2, 0) is 65.4 Å². The maximum Gasteiger partial charge on any atom is 0.472 e. The molecule has 0 aliphatic heterocycles. The second kappa shape index (κ2) is 73.0. The molecule has 588 valence electrons. The van der Waals surface area contributed by atoms with Crippen molar-refractivity contribution < 1.29 is 80.2 Å². The van der Waals surface area contributed by atoms with Gasteiger partial charge < -0.3 is 33.8 Å². The third kappa shape index (κ3) is 74.1. The van der Waals surface area contributed by atoms with Gasteiger partial charge in [0.05, 0.1) is 26.4 Å². The number of rotatable bonds is 80. The molecule has 0 amide bonds. The first-order valence-corrected chi connectivity index (χ1v) is 44.6. The fraction of sp³-hybridized carbons (Fsp3) is 0.950. The number of esters is 4. The Bertz CT molecular complexity index is 1890. The molecule has 3 N–H and O–H groups in total. The summed E-state index contributed by atoms with van der Waals surface area (Å²) < 4.78 is 68.4. The van der Waals surface area contributed by atoms with E-state index in [4.69, 9.17) is 37.0 Å². The zero-order chi connectivity index (χ0) is 72.7. The number of hydrogen-bond acceptors (Lipinski definition) is 15. The summed E-state index contributed by atoms with van der Waals surface area (Å²) >= 11 is 0. The fourth-order valence-corrected chi connectivity index (χ4v) is 14.0. The first kappa shape index (κ1) is 97.1. The first-order chi connectivity index (χ1) is 48.0. The van der Waals surface area contributed by atoms with Gasteiger partial charge in [0, 0.05) is 25.7 Å². The van der Waals surface area contributed by atoms with Crippen LogP contribution < -0.4 is 0 Å². The Labute approximate surface area is 607 Å². The van der Waals surface area contributed by atoms with E-state index in [0.29, 0.717) is 25.7 Å². The summed E-state index contributed by atoms with van der Waals surface area (Å²) in [6.07, 6.45) is 64.7. The number of ether oxygens (including phenoxy) is 4. The molecule has 0 aromatic rings. The number of carbonyl (C=O) groups is 4. The molecular weight excluding hydrogens is 1290 g/mol. The highest BCUT2D eigenvalue weighted by Crippen LogP contribution is 2.45. The molecule has 0 rings (SSSR count). The van der Waals surface area contributed by atoms with Crippen molar-refractivity contribution in [1.29, 1.82) is 0 Å². The first-order valence-electron chi connectivity index (χ1n) is 41.6. The lowest BCUT2D eigenvalue weighted by atomic mass is 10.0. The molecule has 17 nitrogen and oxygen atoms in total. The predicted octanol–water partition coefficient (Wildman–Crippen LogP) is 24.0. The number of aliphatic hydroxyl groups is 1. The van der Waals surface area contributed by atoms with Crippen LogP contribution in [0.25, 0.3) is 0 Å². The van der Waals surface area contributed by atoms with Crippen LogP contribution in [0.5, 0.6) is 0 Å². The molecule has 19 heteroatoms. The number of phosphoric acid groups is 2. The molecule has 0 saturated carbocycles. The molecule has 0 aromatic heterocycles. The zero-order valence-corrected chi connectivity index (χ0v) is 66.4. The van der Waals surface area contributed by atoms with Crippen LogP contribution in [0.3, 0.4) is 0 Å². The summed E-state index contributed by atoms with van der Waals surface area (Å²) in [5.74, 6) is -1.41. The third-order valence-corrected chi connectivity index (χ3v) is 20.7. The van der Waals surface area contributed by atoms with Gasteiger partial charge in [-0.1, -0.05) is 375 Å². The molecule has 0 saturated heterocycles. The molecule has 0 heterocycles. The Morgan fingerprint density at radius 2 is 0.465 bits per heavy atom. The lowest BCUT2D eigenvalue weighted by Gasteiger charge is -2.21. The molecule has 0 aliphatic rings. The summed E-state index contributed by atoms with van der Waals surface area (Å²) in [7, 11) is -9.90. The van der Waals surface area contributed by atoms with Crippen molar-refractivity contribution in [2.75, 3.05) is 39.6 Å². The summed E-state index contributed by atoms with van der Waals surface area (Å²) in [5, 5.41) is 10.6. The van der Waals surface area contributed by atoms with Gasteiger partial charge >= 0.3 is 39.5 Å². The Morgan fingerprint density at radius 1 is 0.273 bits per heavy atom. The number of unbranched alkanes of at least 4 members (excludes halogenated alkanes) is 52. The maximum absolute atomic E-state index is 13.1. The predicted molar refractivity (Wildman–Crippen MR) is 405 cm³/mol. The largest absolute Gasteiger partial charge is 0.472 e. The van der Waals surface area contributed by atoms with Gasteiger partial charge in [-0.05, 0) is 31.6 Å². The SMILES string of the molecule is CCCCCCCCCCCCCCCCCCCCCCCCC(=O)O[C@H](COC(=O)CCCCCCCCCCCCCCCCCCCCCCC)COP(=O)(O)OC[C@@H](O)COP(=O)(O)OC[C@@H](COC(=O)CCCCCCC)OC(=O)CCCCCCCCCCC(C)C. The van der Waals surface area contributed by atoms with Crippen LogP contribution >= 0.6 is 15.6 Å². The van der Waals surface area contributed by atoms with Crippen LogP contribution in [0.4, 0.5) is 0 Å². The molecule has 0 spiro atoms. The summed E-state index contributed by atoms with van der Waals surface area (Å²) in [4.78, 5) is 72.6. The van der Waals surface area contributed by atoms with Gasteiger partial charge in [-0.15, -0.1) is 0 Å². The van der Waals surface area contributed by atoms with E-state index < -0.39 is 97.5 Å². The van der Waals surface area contributed by atoms with Crippen LogP contribution in [0.1, 0.15) is 426 Å².